The Kier molecular flexibility index (Phi) is 6.11. The van der Waals surface area contributed by atoms with Crippen LogP contribution in [-0.2, 0) is 4.74 Å². The molecule has 4 heterocycles. The molecule has 4 rings (SSSR count). The van der Waals surface area contributed by atoms with Gasteiger partial charge in [0.1, 0.15) is 0 Å². The minimum Gasteiger partial charge on any atom is -0.381 e. The third-order valence-corrected chi connectivity index (χ3v) is 11.0. The van der Waals surface area contributed by atoms with Crippen LogP contribution in [0, 0.1) is 0 Å². The van der Waals surface area contributed by atoms with Crippen LogP contribution < -0.4 is 11.2 Å². The maximum Gasteiger partial charge on any atom is 0.426 e. The molecule has 0 amide bonds. The van der Waals surface area contributed by atoms with Crippen LogP contribution in [0.1, 0.15) is 12.8 Å². The summed E-state index contributed by atoms with van der Waals surface area (Å²) < 4.78 is 9.67. The molecule has 0 radical (unpaired) electrons. The van der Waals surface area contributed by atoms with Gasteiger partial charge in [-0.25, -0.2) is 0 Å². The Morgan fingerprint density at radius 2 is 1.14 bits per heavy atom. The largest absolute Gasteiger partial charge is 0.426 e. The lowest BCUT2D eigenvalue weighted by Gasteiger charge is -2.05. The van der Waals surface area contributed by atoms with Gasteiger partial charge < -0.3 is 4.74 Å². The SMILES string of the molecule is C1CCOC1.c1cs[c]([Al]([c]2cccs2)[c]2cccs2)c1. The van der Waals surface area contributed by atoms with Gasteiger partial charge in [0.2, 0.25) is 0 Å². The van der Waals surface area contributed by atoms with Crippen LogP contribution in [-0.4, -0.2) is 27.4 Å². The Morgan fingerprint density at radius 1 is 0.714 bits per heavy atom. The number of hydrogen-bond acceptors (Lipinski definition) is 4. The second kappa shape index (κ2) is 8.28. The Bertz CT molecular complexity index is 509. The summed E-state index contributed by atoms with van der Waals surface area (Å²) in [7, 11) is 0. The fraction of sp³-hybridized carbons (Fsp3) is 0.250. The van der Waals surface area contributed by atoms with Crippen LogP contribution in [0.2, 0.25) is 0 Å². The molecule has 1 saturated heterocycles. The van der Waals surface area contributed by atoms with Crippen molar-refractivity contribution in [1.29, 1.82) is 0 Å². The van der Waals surface area contributed by atoms with E-state index < -0.39 is 14.1 Å². The van der Waals surface area contributed by atoms with Crippen molar-refractivity contribution in [3.63, 3.8) is 0 Å². The van der Waals surface area contributed by atoms with Crippen molar-refractivity contribution >= 4 is 59.4 Å². The number of rotatable bonds is 3. The van der Waals surface area contributed by atoms with Crippen molar-refractivity contribution in [1.82, 2.24) is 0 Å². The highest BCUT2D eigenvalue weighted by molar-refractivity contribution is 7.39. The zero-order chi connectivity index (χ0) is 14.3. The number of ether oxygens (including phenoxy) is 1. The quantitative estimate of drug-likeness (QED) is 0.661. The van der Waals surface area contributed by atoms with Crippen LogP contribution in [0.25, 0.3) is 0 Å². The predicted molar refractivity (Wildman–Crippen MR) is 97.7 cm³/mol. The summed E-state index contributed by atoms with van der Waals surface area (Å²) in [5, 5.41) is 6.57. The summed E-state index contributed by atoms with van der Waals surface area (Å²) in [5.41, 5.74) is 0. The molecule has 3 aromatic rings. The van der Waals surface area contributed by atoms with Gasteiger partial charge in [-0.1, -0.05) is 36.4 Å². The summed E-state index contributed by atoms with van der Waals surface area (Å²) in [6.07, 6.45) is 2.56. The van der Waals surface area contributed by atoms with Crippen LogP contribution in [0.5, 0.6) is 0 Å². The highest BCUT2D eigenvalue weighted by Gasteiger charge is 2.28. The molecule has 0 N–H and O–H groups in total. The van der Waals surface area contributed by atoms with E-state index in [9.17, 15) is 0 Å². The topological polar surface area (TPSA) is 9.23 Å². The van der Waals surface area contributed by atoms with Crippen LogP contribution >= 0.6 is 34.0 Å². The maximum atomic E-state index is 4.94. The van der Waals surface area contributed by atoms with E-state index in [-0.39, 0.29) is 0 Å². The highest BCUT2D eigenvalue weighted by atomic mass is 32.1. The molecule has 0 atom stereocenters. The van der Waals surface area contributed by atoms with Crippen molar-refractivity contribution in [2.45, 2.75) is 12.8 Å². The van der Waals surface area contributed by atoms with Crippen molar-refractivity contribution < 1.29 is 4.74 Å². The molecule has 5 heteroatoms. The predicted octanol–water partition coefficient (Wildman–Crippen LogP) is 3.18. The Balaban J connectivity index is 0.000000225. The van der Waals surface area contributed by atoms with E-state index in [1.807, 2.05) is 34.0 Å². The van der Waals surface area contributed by atoms with Crippen molar-refractivity contribution in [2.75, 3.05) is 13.2 Å². The first-order chi connectivity index (χ1) is 10.4. The lowest BCUT2D eigenvalue weighted by atomic mass is 10.4. The third kappa shape index (κ3) is 4.29. The van der Waals surface area contributed by atoms with Crippen molar-refractivity contribution in [2.24, 2.45) is 0 Å². The first kappa shape index (κ1) is 15.5. The zero-order valence-electron chi connectivity index (χ0n) is 11.7. The molecule has 0 saturated carbocycles. The highest BCUT2D eigenvalue weighted by Crippen LogP contribution is 2.06. The Hall–Kier alpha value is -0.408. The van der Waals surface area contributed by atoms with E-state index in [2.05, 4.69) is 52.5 Å². The average Bonchev–Trinajstić information content (AvgIpc) is 3.32. The molecule has 108 valence electrons. The van der Waals surface area contributed by atoms with Gasteiger partial charge in [-0.3, -0.25) is 0 Å². The average molecular weight is 348 g/mol. The molecule has 0 aliphatic carbocycles. The van der Waals surface area contributed by atoms with Gasteiger partial charge in [0, 0.05) is 13.2 Å². The Morgan fingerprint density at radius 3 is 1.38 bits per heavy atom. The molecule has 0 spiro atoms. The molecule has 21 heavy (non-hydrogen) atoms. The molecule has 1 nitrogen and oxygen atoms in total. The second-order valence-corrected chi connectivity index (χ2v) is 11.7. The van der Waals surface area contributed by atoms with Gasteiger partial charge in [0.25, 0.3) is 0 Å². The van der Waals surface area contributed by atoms with Gasteiger partial charge in [-0.15, -0.1) is 0 Å². The normalized spacial score (nSPS) is 13.7. The third-order valence-electron chi connectivity index (χ3n) is 3.31. The smallest absolute Gasteiger partial charge is 0.381 e. The summed E-state index contributed by atoms with van der Waals surface area (Å²) in [6, 6.07) is 13.4. The van der Waals surface area contributed by atoms with E-state index in [1.54, 1.807) is 11.2 Å². The van der Waals surface area contributed by atoms with E-state index >= 15 is 0 Å². The van der Waals surface area contributed by atoms with Crippen molar-refractivity contribution in [3.8, 4) is 0 Å². The van der Waals surface area contributed by atoms with Crippen LogP contribution in [0.3, 0.4) is 0 Å². The standard InChI is InChI=1S/C4H8O.3C4H3S.Al/c4*1-2-4-5-3-1;/h1-4H2;3*1-3H;. The first-order valence-electron chi connectivity index (χ1n) is 7.13. The molecule has 0 aromatic carbocycles. The van der Waals surface area contributed by atoms with Gasteiger partial charge in [-0.05, 0) is 40.2 Å². The number of hydrogen-bond donors (Lipinski definition) is 0. The summed E-state index contributed by atoms with van der Waals surface area (Å²) >= 11 is 4.60. The number of thiophene rings is 3. The molecular formula is C16H17AlOS3. The molecule has 1 aliphatic heterocycles. The molecule has 3 aromatic heterocycles. The van der Waals surface area contributed by atoms with E-state index in [4.69, 9.17) is 4.74 Å². The van der Waals surface area contributed by atoms with Crippen LogP contribution in [0.4, 0.5) is 0 Å². The minimum absolute atomic E-state index is 1.00. The molecule has 0 bridgehead atoms. The lowest BCUT2D eigenvalue weighted by Crippen LogP contribution is -2.48. The molecule has 1 fully saturated rings. The van der Waals surface area contributed by atoms with E-state index in [0.29, 0.717) is 0 Å². The lowest BCUT2D eigenvalue weighted by molar-refractivity contribution is 0.198. The molecule has 1 aliphatic rings. The second-order valence-electron chi connectivity index (χ2n) is 4.80. The molecule has 0 unspecified atom stereocenters. The van der Waals surface area contributed by atoms with Gasteiger partial charge >= 0.3 is 14.1 Å². The monoisotopic (exact) mass is 348 g/mol. The van der Waals surface area contributed by atoms with Crippen LogP contribution in [0.15, 0.2) is 52.5 Å². The van der Waals surface area contributed by atoms with Gasteiger partial charge in [0.15, 0.2) is 0 Å². The summed E-state index contributed by atoms with van der Waals surface area (Å²) in [4.78, 5) is 0. The summed E-state index contributed by atoms with van der Waals surface area (Å²) in [5.74, 6) is 0. The fourth-order valence-corrected chi connectivity index (χ4v) is 10.8. The van der Waals surface area contributed by atoms with Gasteiger partial charge in [-0.2, -0.15) is 34.0 Å². The Labute approximate surface area is 142 Å². The first-order valence-corrected chi connectivity index (χ1v) is 11.5. The fourth-order valence-electron chi connectivity index (χ4n) is 2.30. The van der Waals surface area contributed by atoms with Crippen molar-refractivity contribution in [3.05, 3.63) is 52.5 Å². The summed E-state index contributed by atoms with van der Waals surface area (Å²) in [6.45, 7) is 2.00. The minimum atomic E-state index is -1.11. The van der Waals surface area contributed by atoms with E-state index in [1.165, 1.54) is 12.8 Å². The zero-order valence-corrected chi connectivity index (χ0v) is 15.3. The van der Waals surface area contributed by atoms with E-state index in [0.717, 1.165) is 13.2 Å². The maximum absolute atomic E-state index is 4.94. The molecular weight excluding hydrogens is 331 g/mol. The van der Waals surface area contributed by atoms with Gasteiger partial charge in [0.05, 0.1) is 0 Å².